The molecule has 0 radical (unpaired) electrons. The van der Waals surface area contributed by atoms with Gasteiger partial charge in [0.2, 0.25) is 11.9 Å². The maximum Gasteiger partial charge on any atom is 0.263 e. The van der Waals surface area contributed by atoms with E-state index in [2.05, 4.69) is 15.4 Å². The van der Waals surface area contributed by atoms with Crippen LogP contribution in [0.3, 0.4) is 0 Å². The lowest BCUT2D eigenvalue weighted by Crippen LogP contribution is -2.42. The lowest BCUT2D eigenvalue weighted by atomic mass is 9.97. The molecule has 2 N–H and O–H groups in total. The number of fused-ring (bicyclic) bond motifs is 1. The summed E-state index contributed by atoms with van der Waals surface area (Å²) in [5.41, 5.74) is 0.847. The molecule has 1 amide bonds. The number of piperidine rings is 1. The van der Waals surface area contributed by atoms with Crippen LogP contribution in [0, 0.1) is 5.92 Å². The Hall–Kier alpha value is -3.16. The molecule has 1 aromatic carbocycles. The molecular formula is C21H26N6O2. The topological polar surface area (TPSA) is 95.9 Å². The zero-order chi connectivity index (χ0) is 20.6. The smallest absolute Gasteiger partial charge is 0.263 e. The molecule has 1 aliphatic heterocycles. The van der Waals surface area contributed by atoms with E-state index >= 15 is 0 Å². The first-order valence-electron chi connectivity index (χ1n) is 9.92. The average molecular weight is 394 g/mol. The summed E-state index contributed by atoms with van der Waals surface area (Å²) in [4.78, 5) is 34.9. The molecule has 1 unspecified atom stereocenters. The number of anilines is 2. The summed E-state index contributed by atoms with van der Waals surface area (Å²) >= 11 is 0. The Morgan fingerprint density at radius 3 is 2.72 bits per heavy atom. The van der Waals surface area contributed by atoms with Crippen LogP contribution in [0.1, 0.15) is 33.6 Å². The second-order valence-electron chi connectivity index (χ2n) is 8.49. The van der Waals surface area contributed by atoms with E-state index in [1.54, 1.807) is 10.9 Å². The number of benzene rings is 1. The van der Waals surface area contributed by atoms with Crippen LogP contribution in [-0.4, -0.2) is 38.7 Å². The van der Waals surface area contributed by atoms with E-state index in [1.807, 2.05) is 56.0 Å². The van der Waals surface area contributed by atoms with Gasteiger partial charge in [0, 0.05) is 18.8 Å². The molecule has 1 atom stereocenters. The summed E-state index contributed by atoms with van der Waals surface area (Å²) in [6.07, 6.45) is 3.22. The number of nitrogens with zero attached hydrogens (tertiary/aromatic N) is 4. The molecule has 4 rings (SSSR count). The van der Waals surface area contributed by atoms with Crippen LogP contribution in [0.4, 0.5) is 11.6 Å². The van der Waals surface area contributed by atoms with Crippen molar-refractivity contribution in [2.24, 2.45) is 5.92 Å². The molecule has 8 nitrogen and oxygen atoms in total. The molecule has 2 aromatic heterocycles. The first kappa shape index (κ1) is 19.2. The number of H-pyrrole nitrogens is 1. The zero-order valence-electron chi connectivity index (χ0n) is 17.0. The number of hydrogen-bond donors (Lipinski definition) is 2. The van der Waals surface area contributed by atoms with Crippen LogP contribution in [0.2, 0.25) is 0 Å². The van der Waals surface area contributed by atoms with Crippen LogP contribution < -0.4 is 15.8 Å². The predicted octanol–water partition coefficient (Wildman–Crippen LogP) is 2.73. The average Bonchev–Trinajstić information content (AvgIpc) is 3.14. The van der Waals surface area contributed by atoms with Gasteiger partial charge in [-0.1, -0.05) is 18.2 Å². The van der Waals surface area contributed by atoms with Crippen molar-refractivity contribution in [3.63, 3.8) is 0 Å². The largest absolute Gasteiger partial charge is 0.341 e. The molecule has 1 fully saturated rings. The van der Waals surface area contributed by atoms with Gasteiger partial charge in [-0.15, -0.1) is 0 Å². The molecule has 0 aliphatic carbocycles. The highest BCUT2D eigenvalue weighted by Gasteiger charge is 2.28. The molecule has 0 saturated carbocycles. The van der Waals surface area contributed by atoms with Gasteiger partial charge in [-0.05, 0) is 45.7 Å². The van der Waals surface area contributed by atoms with E-state index in [-0.39, 0.29) is 22.9 Å². The molecule has 1 saturated heterocycles. The van der Waals surface area contributed by atoms with E-state index in [4.69, 9.17) is 4.98 Å². The van der Waals surface area contributed by atoms with E-state index in [0.717, 1.165) is 25.1 Å². The summed E-state index contributed by atoms with van der Waals surface area (Å²) < 4.78 is 1.77. The van der Waals surface area contributed by atoms with Crippen molar-refractivity contribution in [2.45, 2.75) is 39.2 Å². The van der Waals surface area contributed by atoms with Crippen molar-refractivity contribution in [2.75, 3.05) is 23.3 Å². The van der Waals surface area contributed by atoms with Crippen LogP contribution in [0.15, 0.2) is 41.3 Å². The van der Waals surface area contributed by atoms with Gasteiger partial charge in [0.1, 0.15) is 5.39 Å². The second-order valence-corrected chi connectivity index (χ2v) is 8.49. The summed E-state index contributed by atoms with van der Waals surface area (Å²) in [7, 11) is 0. The molecule has 3 aromatic rings. The van der Waals surface area contributed by atoms with Gasteiger partial charge in [-0.2, -0.15) is 10.1 Å². The van der Waals surface area contributed by atoms with Crippen LogP contribution in [0.5, 0.6) is 0 Å². The highest BCUT2D eigenvalue weighted by Crippen LogP contribution is 2.24. The number of carbonyl (C=O) groups excluding carboxylic acids is 1. The van der Waals surface area contributed by atoms with Gasteiger partial charge in [-0.3, -0.25) is 14.6 Å². The van der Waals surface area contributed by atoms with Crippen molar-refractivity contribution >= 4 is 28.6 Å². The Labute approximate surface area is 168 Å². The summed E-state index contributed by atoms with van der Waals surface area (Å²) in [6.45, 7) is 7.32. The lowest BCUT2D eigenvalue weighted by Gasteiger charge is -2.32. The number of rotatable bonds is 3. The van der Waals surface area contributed by atoms with Crippen molar-refractivity contribution in [3.05, 3.63) is 46.9 Å². The number of nitrogens with one attached hydrogen (secondary N) is 2. The van der Waals surface area contributed by atoms with E-state index in [0.29, 0.717) is 23.5 Å². The Balaban J connectivity index is 1.59. The maximum atomic E-state index is 12.7. The summed E-state index contributed by atoms with van der Waals surface area (Å²) in [5.74, 6) is 0.312. The van der Waals surface area contributed by atoms with E-state index < -0.39 is 0 Å². The quantitative estimate of drug-likeness (QED) is 0.712. The van der Waals surface area contributed by atoms with Gasteiger partial charge in [0.05, 0.1) is 17.7 Å². The highest BCUT2D eigenvalue weighted by molar-refractivity contribution is 5.93. The molecule has 0 bridgehead atoms. The normalized spacial score (nSPS) is 17.5. The Bertz CT molecular complexity index is 1080. The fraction of sp³-hybridized carbons (Fsp3) is 0.429. The zero-order valence-corrected chi connectivity index (χ0v) is 17.0. The van der Waals surface area contributed by atoms with Crippen LogP contribution >= 0.6 is 0 Å². The first-order valence-corrected chi connectivity index (χ1v) is 9.92. The van der Waals surface area contributed by atoms with Gasteiger partial charge in [0.15, 0.2) is 5.65 Å². The number of aromatic nitrogens is 4. The number of aromatic amines is 1. The molecular weight excluding hydrogens is 368 g/mol. The summed E-state index contributed by atoms with van der Waals surface area (Å²) in [5, 5.41) is 7.80. The number of amides is 1. The first-order chi connectivity index (χ1) is 13.8. The number of carbonyl (C=O) groups is 1. The van der Waals surface area contributed by atoms with Gasteiger partial charge < -0.3 is 10.2 Å². The van der Waals surface area contributed by atoms with Crippen molar-refractivity contribution in [3.8, 4) is 0 Å². The van der Waals surface area contributed by atoms with E-state index in [9.17, 15) is 9.59 Å². The van der Waals surface area contributed by atoms with Gasteiger partial charge >= 0.3 is 0 Å². The minimum Gasteiger partial charge on any atom is -0.341 e. The molecule has 152 valence electrons. The summed E-state index contributed by atoms with van der Waals surface area (Å²) in [6, 6.07) is 9.45. The predicted molar refractivity (Wildman–Crippen MR) is 113 cm³/mol. The Morgan fingerprint density at radius 2 is 2.00 bits per heavy atom. The van der Waals surface area contributed by atoms with E-state index in [1.165, 1.54) is 0 Å². The molecule has 0 spiro atoms. The van der Waals surface area contributed by atoms with Gasteiger partial charge in [0.25, 0.3) is 5.56 Å². The van der Waals surface area contributed by atoms with Crippen molar-refractivity contribution in [1.82, 2.24) is 19.7 Å². The Morgan fingerprint density at radius 1 is 1.24 bits per heavy atom. The number of para-hydroxylation sites is 1. The van der Waals surface area contributed by atoms with Crippen molar-refractivity contribution in [1.29, 1.82) is 0 Å². The standard InChI is InChI=1S/C21H26N6O2/c1-21(2,3)27-17-16(12-22-27)19(29)25-20(24-17)26-11-7-8-14(13-26)18(28)23-15-9-5-4-6-10-15/h4-6,9-10,12,14H,7-8,11,13H2,1-3H3,(H,23,28)(H,24,25,29). The molecule has 8 heteroatoms. The molecule has 3 heterocycles. The maximum absolute atomic E-state index is 12.7. The SMILES string of the molecule is CC(C)(C)n1ncc2c(=O)[nH]c(N3CCCC(C(=O)Nc4ccccc4)C3)nc21. The monoisotopic (exact) mass is 394 g/mol. The van der Waals surface area contributed by atoms with Gasteiger partial charge in [-0.25, -0.2) is 4.68 Å². The third-order valence-corrected chi connectivity index (χ3v) is 5.19. The van der Waals surface area contributed by atoms with Crippen molar-refractivity contribution < 1.29 is 4.79 Å². The minimum absolute atomic E-state index is 0.0101. The highest BCUT2D eigenvalue weighted by atomic mass is 16.2. The van der Waals surface area contributed by atoms with Crippen LogP contribution in [-0.2, 0) is 10.3 Å². The minimum atomic E-state index is -0.292. The molecule has 29 heavy (non-hydrogen) atoms. The second kappa shape index (κ2) is 7.35. The fourth-order valence-electron chi connectivity index (χ4n) is 3.70. The van der Waals surface area contributed by atoms with Crippen LogP contribution in [0.25, 0.3) is 11.0 Å². The Kier molecular flexibility index (Phi) is 4.86. The third kappa shape index (κ3) is 3.87. The lowest BCUT2D eigenvalue weighted by molar-refractivity contribution is -0.120. The fourth-order valence-corrected chi connectivity index (χ4v) is 3.70. The molecule has 1 aliphatic rings. The third-order valence-electron chi connectivity index (χ3n) is 5.19. The number of hydrogen-bond acceptors (Lipinski definition) is 5.